The summed E-state index contributed by atoms with van der Waals surface area (Å²) < 4.78 is 0. The van der Waals surface area contributed by atoms with Gasteiger partial charge in [0.1, 0.15) is 0 Å². The van der Waals surface area contributed by atoms with Crippen LogP contribution in [-0.4, -0.2) is 34.5 Å². The molecule has 0 heterocycles. The van der Waals surface area contributed by atoms with E-state index in [-0.39, 0.29) is 12.3 Å². The minimum absolute atomic E-state index is 0.0687. The zero-order chi connectivity index (χ0) is 14.8. The summed E-state index contributed by atoms with van der Waals surface area (Å²) >= 11 is 0. The molecule has 0 radical (unpaired) electrons. The number of hydrogen-bond donors (Lipinski definition) is 1. The fourth-order valence-corrected chi connectivity index (χ4v) is 2.49. The number of rotatable bonds is 12. The maximum Gasteiger partial charge on any atom is 0.305 e. The Morgan fingerprint density at radius 2 is 1.60 bits per heavy atom. The van der Waals surface area contributed by atoms with Crippen LogP contribution < -0.4 is 0 Å². The van der Waals surface area contributed by atoms with Crippen molar-refractivity contribution in [3.63, 3.8) is 0 Å². The Kier molecular flexibility index (Phi) is 8.31. The summed E-state index contributed by atoms with van der Waals surface area (Å²) in [5.74, 6) is -0.665. The highest BCUT2D eigenvalue weighted by Crippen LogP contribution is 2.28. The molecule has 1 amide bonds. The van der Waals surface area contributed by atoms with Gasteiger partial charge < -0.3 is 10.0 Å². The van der Waals surface area contributed by atoms with Crippen molar-refractivity contribution in [2.24, 2.45) is 0 Å². The topological polar surface area (TPSA) is 57.6 Å². The molecule has 1 aliphatic rings. The highest BCUT2D eigenvalue weighted by molar-refractivity contribution is 5.77. The quantitative estimate of drug-likeness (QED) is 0.557. The lowest BCUT2D eigenvalue weighted by molar-refractivity contribution is -0.138. The summed E-state index contributed by atoms with van der Waals surface area (Å²) in [6, 6.07) is 0.325. The number of amides is 1. The molecule has 0 aromatic heterocycles. The number of carbonyl (C=O) groups excluding carboxylic acids is 1. The molecule has 4 nitrogen and oxygen atoms in total. The van der Waals surface area contributed by atoms with E-state index < -0.39 is 5.97 Å². The molecule has 0 aromatic rings. The van der Waals surface area contributed by atoms with Gasteiger partial charge in [0.2, 0.25) is 5.91 Å². The Labute approximate surface area is 122 Å². The Bertz CT molecular complexity index is 300. The zero-order valence-electron chi connectivity index (χ0n) is 12.8. The van der Waals surface area contributed by atoms with Crippen LogP contribution in [0, 0.1) is 0 Å². The third-order valence-electron chi connectivity index (χ3n) is 3.87. The van der Waals surface area contributed by atoms with E-state index in [1.165, 1.54) is 32.1 Å². The number of carboxylic acid groups (broad SMARTS) is 1. The number of carbonyl (C=O) groups is 2. The van der Waals surface area contributed by atoms with Gasteiger partial charge in [-0.3, -0.25) is 9.59 Å². The third-order valence-corrected chi connectivity index (χ3v) is 3.87. The van der Waals surface area contributed by atoms with Crippen LogP contribution in [0.1, 0.15) is 77.6 Å². The van der Waals surface area contributed by atoms with E-state index >= 15 is 0 Å². The summed E-state index contributed by atoms with van der Waals surface area (Å²) in [4.78, 5) is 24.5. The van der Waals surface area contributed by atoms with Crippen molar-refractivity contribution in [2.45, 2.75) is 83.6 Å². The van der Waals surface area contributed by atoms with Gasteiger partial charge in [0, 0.05) is 19.0 Å². The van der Waals surface area contributed by atoms with Gasteiger partial charge >= 0.3 is 5.97 Å². The largest absolute Gasteiger partial charge is 0.481 e. The van der Waals surface area contributed by atoms with Gasteiger partial charge in [-0.1, -0.05) is 45.4 Å². The second kappa shape index (κ2) is 9.78. The van der Waals surface area contributed by atoms with E-state index in [1.54, 1.807) is 4.90 Å². The lowest BCUT2D eigenvalue weighted by atomic mass is 10.1. The summed E-state index contributed by atoms with van der Waals surface area (Å²) in [5, 5.41) is 8.73. The van der Waals surface area contributed by atoms with E-state index in [2.05, 4.69) is 6.92 Å². The van der Waals surface area contributed by atoms with Gasteiger partial charge in [-0.2, -0.15) is 0 Å². The molecule has 4 heteroatoms. The molecule has 0 atom stereocenters. The molecule has 0 bridgehead atoms. The third kappa shape index (κ3) is 7.51. The molecule has 116 valence electrons. The SMILES string of the molecule is CCCCCCCCCC(=O)N(CCC(=O)O)C1CC1. The normalized spacial score (nSPS) is 14.2. The zero-order valence-corrected chi connectivity index (χ0v) is 12.8. The van der Waals surface area contributed by atoms with Crippen LogP contribution in [0.4, 0.5) is 0 Å². The predicted octanol–water partition coefficient (Wildman–Crippen LogP) is 3.59. The van der Waals surface area contributed by atoms with Gasteiger partial charge in [-0.05, 0) is 19.3 Å². The van der Waals surface area contributed by atoms with Crippen molar-refractivity contribution in [2.75, 3.05) is 6.54 Å². The van der Waals surface area contributed by atoms with Gasteiger partial charge in [-0.15, -0.1) is 0 Å². The number of carboxylic acids is 1. The maximum atomic E-state index is 12.1. The first-order valence-corrected chi connectivity index (χ1v) is 8.16. The van der Waals surface area contributed by atoms with Crippen LogP contribution in [0.25, 0.3) is 0 Å². The Morgan fingerprint density at radius 1 is 1.00 bits per heavy atom. The molecule has 0 aromatic carbocycles. The van der Waals surface area contributed by atoms with Crippen LogP contribution in [0.5, 0.6) is 0 Å². The van der Waals surface area contributed by atoms with E-state index in [0.29, 0.717) is 19.0 Å². The molecule has 1 fully saturated rings. The Balaban J connectivity index is 2.10. The summed E-state index contributed by atoms with van der Waals surface area (Å²) in [7, 11) is 0. The number of hydrogen-bond acceptors (Lipinski definition) is 2. The summed E-state index contributed by atoms with van der Waals surface area (Å²) in [5.41, 5.74) is 0. The maximum absolute atomic E-state index is 12.1. The first-order chi connectivity index (χ1) is 9.65. The fraction of sp³-hybridized carbons (Fsp3) is 0.875. The summed E-state index contributed by atoms with van der Waals surface area (Å²) in [6.07, 6.45) is 11.2. The Hall–Kier alpha value is -1.06. The first-order valence-electron chi connectivity index (χ1n) is 8.16. The van der Waals surface area contributed by atoms with Gasteiger partial charge in [-0.25, -0.2) is 0 Å². The van der Waals surface area contributed by atoms with E-state index in [1.807, 2.05) is 0 Å². The van der Waals surface area contributed by atoms with Crippen molar-refractivity contribution >= 4 is 11.9 Å². The average Bonchev–Trinajstić information content (AvgIpc) is 3.22. The van der Waals surface area contributed by atoms with Crippen molar-refractivity contribution < 1.29 is 14.7 Å². The highest BCUT2D eigenvalue weighted by Gasteiger charge is 2.32. The number of aliphatic carboxylic acids is 1. The number of nitrogens with zero attached hydrogens (tertiary/aromatic N) is 1. The molecule has 1 saturated carbocycles. The standard InChI is InChI=1S/C16H29NO3/c1-2-3-4-5-6-7-8-9-15(18)17(14-10-11-14)13-12-16(19)20/h14H,2-13H2,1H3,(H,19,20). The average molecular weight is 283 g/mol. The van der Waals surface area contributed by atoms with Crippen LogP contribution in [0.15, 0.2) is 0 Å². The van der Waals surface area contributed by atoms with Crippen molar-refractivity contribution in [3.05, 3.63) is 0 Å². The Morgan fingerprint density at radius 3 is 2.15 bits per heavy atom. The van der Waals surface area contributed by atoms with Crippen LogP contribution in [-0.2, 0) is 9.59 Å². The summed E-state index contributed by atoms with van der Waals surface area (Å²) in [6.45, 7) is 2.59. The lowest BCUT2D eigenvalue weighted by Gasteiger charge is -2.21. The van der Waals surface area contributed by atoms with Crippen molar-refractivity contribution in [3.8, 4) is 0 Å². The predicted molar refractivity (Wildman–Crippen MR) is 79.6 cm³/mol. The minimum Gasteiger partial charge on any atom is -0.481 e. The minimum atomic E-state index is -0.820. The molecular weight excluding hydrogens is 254 g/mol. The van der Waals surface area contributed by atoms with Crippen LogP contribution >= 0.6 is 0 Å². The molecule has 1 rings (SSSR count). The molecule has 0 spiro atoms. The molecule has 0 saturated heterocycles. The molecular formula is C16H29NO3. The van der Waals surface area contributed by atoms with Crippen molar-refractivity contribution in [1.82, 2.24) is 4.90 Å². The van der Waals surface area contributed by atoms with Crippen molar-refractivity contribution in [1.29, 1.82) is 0 Å². The number of unbranched alkanes of at least 4 members (excludes halogenated alkanes) is 6. The van der Waals surface area contributed by atoms with Gasteiger partial charge in [0.15, 0.2) is 0 Å². The van der Waals surface area contributed by atoms with Crippen LogP contribution in [0.2, 0.25) is 0 Å². The van der Waals surface area contributed by atoms with Gasteiger partial charge in [0.25, 0.3) is 0 Å². The molecule has 1 aliphatic carbocycles. The highest BCUT2D eigenvalue weighted by atomic mass is 16.4. The lowest BCUT2D eigenvalue weighted by Crippen LogP contribution is -2.34. The van der Waals surface area contributed by atoms with Crippen LogP contribution in [0.3, 0.4) is 0 Å². The molecule has 0 unspecified atom stereocenters. The van der Waals surface area contributed by atoms with E-state index in [0.717, 1.165) is 25.7 Å². The van der Waals surface area contributed by atoms with E-state index in [9.17, 15) is 9.59 Å². The van der Waals surface area contributed by atoms with Gasteiger partial charge in [0.05, 0.1) is 6.42 Å². The smallest absolute Gasteiger partial charge is 0.305 e. The monoisotopic (exact) mass is 283 g/mol. The first kappa shape index (κ1) is 17.0. The second-order valence-electron chi connectivity index (χ2n) is 5.83. The second-order valence-corrected chi connectivity index (χ2v) is 5.83. The molecule has 20 heavy (non-hydrogen) atoms. The fourth-order valence-electron chi connectivity index (χ4n) is 2.49. The molecule has 1 N–H and O–H groups in total. The van der Waals surface area contributed by atoms with E-state index in [4.69, 9.17) is 5.11 Å². The molecule has 0 aliphatic heterocycles.